The van der Waals surface area contributed by atoms with Crippen molar-refractivity contribution >= 4 is 5.91 Å². The molecule has 0 aliphatic carbocycles. The van der Waals surface area contributed by atoms with E-state index in [2.05, 4.69) is 4.98 Å². The summed E-state index contributed by atoms with van der Waals surface area (Å²) in [6.45, 7) is 2.04. The highest BCUT2D eigenvalue weighted by Crippen LogP contribution is 2.06. The van der Waals surface area contributed by atoms with E-state index in [1.807, 2.05) is 6.92 Å². The molecule has 1 rings (SSSR count). The second kappa shape index (κ2) is 3.85. The lowest BCUT2D eigenvalue weighted by Gasteiger charge is -2.02. The number of aromatic nitrogens is 1. The molecule has 0 aliphatic rings. The predicted octanol–water partition coefficient (Wildman–Crippen LogP) is 1.13. The second-order valence-corrected chi connectivity index (χ2v) is 2.61. The molecule has 0 aromatic carbocycles. The average molecular weight is 164 g/mol. The van der Waals surface area contributed by atoms with Gasteiger partial charge >= 0.3 is 0 Å². The molecule has 3 nitrogen and oxygen atoms in total. The summed E-state index contributed by atoms with van der Waals surface area (Å²) >= 11 is 0. The fourth-order valence-corrected chi connectivity index (χ4v) is 1.10. The summed E-state index contributed by atoms with van der Waals surface area (Å²) < 4.78 is 0. The third-order valence-electron chi connectivity index (χ3n) is 1.64. The first-order chi connectivity index (χ1) is 5.75. The largest absolute Gasteiger partial charge is 0.366 e. The fourth-order valence-electron chi connectivity index (χ4n) is 1.10. The molecule has 0 bridgehead atoms. The van der Waals surface area contributed by atoms with Crippen LogP contribution in [0.1, 0.15) is 29.4 Å². The number of carbonyl (C=O) groups excluding carboxylic acids is 1. The van der Waals surface area contributed by atoms with Crippen LogP contribution in [0.5, 0.6) is 0 Å². The molecule has 64 valence electrons. The number of amides is 1. The van der Waals surface area contributed by atoms with E-state index in [1.54, 1.807) is 18.3 Å². The maximum atomic E-state index is 10.9. The van der Waals surface area contributed by atoms with Crippen molar-refractivity contribution in [2.75, 3.05) is 0 Å². The van der Waals surface area contributed by atoms with Gasteiger partial charge in [-0.05, 0) is 18.6 Å². The lowest BCUT2D eigenvalue weighted by molar-refractivity contribution is 0.0999. The summed E-state index contributed by atoms with van der Waals surface area (Å²) in [4.78, 5) is 15.0. The highest BCUT2D eigenvalue weighted by atomic mass is 16.1. The number of pyridine rings is 1. The maximum Gasteiger partial charge on any atom is 0.250 e. The summed E-state index contributed by atoms with van der Waals surface area (Å²) in [7, 11) is 0. The van der Waals surface area contributed by atoms with Crippen molar-refractivity contribution in [1.82, 2.24) is 4.98 Å². The SMILES string of the molecule is CCCc1ncccc1C(N)=O. The molecule has 2 N–H and O–H groups in total. The molecule has 0 unspecified atom stereocenters. The van der Waals surface area contributed by atoms with E-state index in [4.69, 9.17) is 5.73 Å². The molecule has 1 aromatic rings. The first kappa shape index (κ1) is 8.71. The van der Waals surface area contributed by atoms with Crippen LogP contribution >= 0.6 is 0 Å². The number of carbonyl (C=O) groups is 1. The van der Waals surface area contributed by atoms with Gasteiger partial charge in [0.2, 0.25) is 0 Å². The van der Waals surface area contributed by atoms with Gasteiger partial charge in [-0.25, -0.2) is 0 Å². The Morgan fingerprint density at radius 1 is 1.67 bits per heavy atom. The molecule has 0 saturated carbocycles. The minimum absolute atomic E-state index is 0.397. The minimum atomic E-state index is -0.397. The summed E-state index contributed by atoms with van der Waals surface area (Å²) in [6.07, 6.45) is 3.45. The number of nitrogens with two attached hydrogens (primary N) is 1. The van der Waals surface area contributed by atoms with Gasteiger partial charge in [0, 0.05) is 6.20 Å². The topological polar surface area (TPSA) is 56.0 Å². The maximum absolute atomic E-state index is 10.9. The zero-order valence-corrected chi connectivity index (χ0v) is 7.08. The van der Waals surface area contributed by atoms with Gasteiger partial charge in [0.25, 0.3) is 5.91 Å². The Morgan fingerprint density at radius 2 is 2.42 bits per heavy atom. The molecule has 0 atom stereocenters. The average Bonchev–Trinajstić information content (AvgIpc) is 2.05. The minimum Gasteiger partial charge on any atom is -0.366 e. The van der Waals surface area contributed by atoms with Crippen molar-refractivity contribution in [3.05, 3.63) is 29.6 Å². The van der Waals surface area contributed by atoms with E-state index in [0.29, 0.717) is 5.56 Å². The van der Waals surface area contributed by atoms with Crippen molar-refractivity contribution < 1.29 is 4.79 Å². The summed E-state index contributed by atoms with van der Waals surface area (Å²) in [6, 6.07) is 3.43. The molecule has 0 saturated heterocycles. The normalized spacial score (nSPS) is 9.75. The van der Waals surface area contributed by atoms with Gasteiger partial charge in [-0.3, -0.25) is 9.78 Å². The smallest absolute Gasteiger partial charge is 0.250 e. The van der Waals surface area contributed by atoms with E-state index in [1.165, 1.54) is 0 Å². The van der Waals surface area contributed by atoms with Crippen LogP contribution in [0, 0.1) is 0 Å². The van der Waals surface area contributed by atoms with Crippen LogP contribution in [-0.2, 0) is 6.42 Å². The van der Waals surface area contributed by atoms with E-state index >= 15 is 0 Å². The molecule has 0 radical (unpaired) electrons. The van der Waals surface area contributed by atoms with Crippen LogP contribution in [0.3, 0.4) is 0 Å². The molecular formula is C9H12N2O. The molecule has 0 fully saturated rings. The molecule has 3 heteroatoms. The first-order valence-electron chi connectivity index (χ1n) is 3.99. The van der Waals surface area contributed by atoms with Crippen molar-refractivity contribution in [2.24, 2.45) is 5.73 Å². The number of primary amides is 1. The molecule has 1 amide bonds. The zero-order chi connectivity index (χ0) is 8.97. The van der Waals surface area contributed by atoms with E-state index in [0.717, 1.165) is 18.5 Å². The molecular weight excluding hydrogens is 152 g/mol. The summed E-state index contributed by atoms with van der Waals surface area (Å²) in [5.41, 5.74) is 6.51. The number of hydrogen-bond acceptors (Lipinski definition) is 2. The quantitative estimate of drug-likeness (QED) is 0.728. The summed E-state index contributed by atoms with van der Waals surface area (Å²) in [5.74, 6) is -0.397. The Hall–Kier alpha value is -1.38. The fraction of sp³-hybridized carbons (Fsp3) is 0.333. The van der Waals surface area contributed by atoms with E-state index < -0.39 is 5.91 Å². The van der Waals surface area contributed by atoms with E-state index in [9.17, 15) is 4.79 Å². The molecule has 0 spiro atoms. The Balaban J connectivity index is 3.00. The van der Waals surface area contributed by atoms with Crippen molar-refractivity contribution in [1.29, 1.82) is 0 Å². The number of aryl methyl sites for hydroxylation is 1. The van der Waals surface area contributed by atoms with Gasteiger partial charge in [-0.2, -0.15) is 0 Å². The second-order valence-electron chi connectivity index (χ2n) is 2.61. The highest BCUT2D eigenvalue weighted by molar-refractivity contribution is 5.93. The lowest BCUT2D eigenvalue weighted by Crippen LogP contribution is -2.14. The van der Waals surface area contributed by atoms with Crippen LogP contribution < -0.4 is 5.73 Å². The van der Waals surface area contributed by atoms with Crippen LogP contribution in [-0.4, -0.2) is 10.9 Å². The van der Waals surface area contributed by atoms with Gasteiger partial charge in [0.1, 0.15) is 0 Å². The van der Waals surface area contributed by atoms with Crippen molar-refractivity contribution in [3.8, 4) is 0 Å². The molecule has 1 aromatic heterocycles. The zero-order valence-electron chi connectivity index (χ0n) is 7.08. The Bertz CT molecular complexity index is 284. The standard InChI is InChI=1S/C9H12N2O/c1-2-4-8-7(9(10)12)5-3-6-11-8/h3,5-6H,2,4H2,1H3,(H2,10,12). The monoisotopic (exact) mass is 164 g/mol. The third kappa shape index (κ3) is 1.81. The molecule has 1 heterocycles. The molecule has 0 aliphatic heterocycles. The Labute approximate surface area is 71.6 Å². The Morgan fingerprint density at radius 3 is 3.00 bits per heavy atom. The van der Waals surface area contributed by atoms with Crippen LogP contribution in [0.2, 0.25) is 0 Å². The van der Waals surface area contributed by atoms with Gasteiger partial charge in [0.15, 0.2) is 0 Å². The van der Waals surface area contributed by atoms with Gasteiger partial charge in [0.05, 0.1) is 11.3 Å². The van der Waals surface area contributed by atoms with Gasteiger partial charge in [-0.1, -0.05) is 13.3 Å². The van der Waals surface area contributed by atoms with Crippen molar-refractivity contribution in [3.63, 3.8) is 0 Å². The van der Waals surface area contributed by atoms with Crippen molar-refractivity contribution in [2.45, 2.75) is 19.8 Å². The van der Waals surface area contributed by atoms with E-state index in [-0.39, 0.29) is 0 Å². The molecule has 12 heavy (non-hydrogen) atoms. The van der Waals surface area contributed by atoms with Gasteiger partial charge < -0.3 is 5.73 Å². The van der Waals surface area contributed by atoms with Crippen LogP contribution in [0.15, 0.2) is 18.3 Å². The Kier molecular flexibility index (Phi) is 2.80. The summed E-state index contributed by atoms with van der Waals surface area (Å²) in [5, 5.41) is 0. The third-order valence-corrected chi connectivity index (χ3v) is 1.64. The predicted molar refractivity (Wildman–Crippen MR) is 46.7 cm³/mol. The van der Waals surface area contributed by atoms with Crippen LogP contribution in [0.4, 0.5) is 0 Å². The number of nitrogens with zero attached hydrogens (tertiary/aromatic N) is 1. The number of rotatable bonds is 3. The first-order valence-corrected chi connectivity index (χ1v) is 3.99. The lowest BCUT2D eigenvalue weighted by atomic mass is 10.1. The highest BCUT2D eigenvalue weighted by Gasteiger charge is 2.06. The van der Waals surface area contributed by atoms with Gasteiger partial charge in [-0.15, -0.1) is 0 Å². The van der Waals surface area contributed by atoms with Crippen LogP contribution in [0.25, 0.3) is 0 Å². The number of hydrogen-bond donors (Lipinski definition) is 1.